The lowest BCUT2D eigenvalue weighted by atomic mass is 9.92. The Kier molecular flexibility index (Phi) is 5.53. The summed E-state index contributed by atoms with van der Waals surface area (Å²) in [5, 5.41) is 2.90. The molecular formula is C15H25N3O2. The molecule has 1 aromatic carbocycles. The van der Waals surface area contributed by atoms with Crippen molar-refractivity contribution in [2.24, 2.45) is 11.1 Å². The average molecular weight is 279 g/mol. The summed E-state index contributed by atoms with van der Waals surface area (Å²) in [6.07, 6.45) is 0. The van der Waals surface area contributed by atoms with E-state index in [0.717, 1.165) is 12.1 Å². The van der Waals surface area contributed by atoms with Crippen LogP contribution >= 0.6 is 0 Å². The highest BCUT2D eigenvalue weighted by molar-refractivity contribution is 5.96. The van der Waals surface area contributed by atoms with Gasteiger partial charge < -0.3 is 20.7 Å². The fourth-order valence-corrected chi connectivity index (χ4v) is 1.70. The van der Waals surface area contributed by atoms with Crippen LogP contribution in [0.4, 0.5) is 5.69 Å². The van der Waals surface area contributed by atoms with Crippen molar-refractivity contribution in [2.75, 3.05) is 33.1 Å². The Hall–Kier alpha value is -1.59. The third kappa shape index (κ3) is 4.21. The van der Waals surface area contributed by atoms with Gasteiger partial charge in [0.05, 0.1) is 18.2 Å². The molecule has 0 fully saturated rings. The van der Waals surface area contributed by atoms with Crippen molar-refractivity contribution in [3.05, 3.63) is 23.8 Å². The van der Waals surface area contributed by atoms with Crippen LogP contribution in [0.1, 0.15) is 19.4 Å². The maximum absolute atomic E-state index is 12.2. The van der Waals surface area contributed by atoms with Gasteiger partial charge in [0.2, 0.25) is 5.91 Å². The lowest BCUT2D eigenvalue weighted by Gasteiger charge is -2.22. The number of amides is 1. The average Bonchev–Trinajstić information content (AvgIpc) is 2.38. The summed E-state index contributed by atoms with van der Waals surface area (Å²) in [7, 11) is 5.59. The van der Waals surface area contributed by atoms with Crippen LogP contribution in [0.3, 0.4) is 0 Å². The van der Waals surface area contributed by atoms with Gasteiger partial charge in [0.15, 0.2) is 0 Å². The molecule has 112 valence electrons. The summed E-state index contributed by atoms with van der Waals surface area (Å²) in [6, 6.07) is 5.79. The number of benzene rings is 1. The Labute approximate surface area is 121 Å². The quantitative estimate of drug-likeness (QED) is 0.831. The molecule has 0 saturated heterocycles. The molecule has 5 heteroatoms. The van der Waals surface area contributed by atoms with Crippen LogP contribution in [0.15, 0.2) is 18.2 Å². The molecule has 0 spiro atoms. The first kappa shape index (κ1) is 16.5. The number of ether oxygens (including phenoxy) is 1. The fourth-order valence-electron chi connectivity index (χ4n) is 1.70. The number of anilines is 1. The van der Waals surface area contributed by atoms with Crippen molar-refractivity contribution in [2.45, 2.75) is 20.4 Å². The maximum Gasteiger partial charge on any atom is 0.231 e. The number of methoxy groups -OCH3 is 1. The van der Waals surface area contributed by atoms with Crippen molar-refractivity contribution in [1.29, 1.82) is 0 Å². The number of nitrogens with one attached hydrogen (secondary N) is 1. The summed E-state index contributed by atoms with van der Waals surface area (Å²) in [4.78, 5) is 14.3. The lowest BCUT2D eigenvalue weighted by molar-refractivity contribution is -0.123. The van der Waals surface area contributed by atoms with Crippen LogP contribution in [0.5, 0.6) is 5.75 Å². The van der Waals surface area contributed by atoms with E-state index >= 15 is 0 Å². The molecule has 20 heavy (non-hydrogen) atoms. The number of nitrogens with zero attached hydrogens (tertiary/aromatic N) is 1. The highest BCUT2D eigenvalue weighted by atomic mass is 16.5. The Morgan fingerprint density at radius 2 is 2.05 bits per heavy atom. The van der Waals surface area contributed by atoms with Gasteiger partial charge in [-0.3, -0.25) is 4.79 Å². The van der Waals surface area contributed by atoms with Crippen LogP contribution in [-0.4, -0.2) is 38.6 Å². The van der Waals surface area contributed by atoms with E-state index in [1.54, 1.807) is 7.11 Å². The van der Waals surface area contributed by atoms with Crippen LogP contribution in [0.2, 0.25) is 0 Å². The first-order valence-corrected chi connectivity index (χ1v) is 6.63. The van der Waals surface area contributed by atoms with E-state index < -0.39 is 5.41 Å². The summed E-state index contributed by atoms with van der Waals surface area (Å²) in [5.41, 5.74) is 6.81. The number of hydrogen-bond acceptors (Lipinski definition) is 4. The topological polar surface area (TPSA) is 67.6 Å². The second-order valence-corrected chi connectivity index (χ2v) is 5.81. The normalized spacial score (nSPS) is 11.6. The molecule has 0 aliphatic rings. The predicted octanol–water partition coefficient (Wildman–Crippen LogP) is 1.68. The van der Waals surface area contributed by atoms with Gasteiger partial charge in [-0.05, 0) is 45.6 Å². The highest BCUT2D eigenvalue weighted by Crippen LogP contribution is 2.27. The molecule has 0 radical (unpaired) electrons. The zero-order valence-corrected chi connectivity index (χ0v) is 13.0. The summed E-state index contributed by atoms with van der Waals surface area (Å²) >= 11 is 0. The Morgan fingerprint density at radius 3 is 2.55 bits per heavy atom. The van der Waals surface area contributed by atoms with Crippen molar-refractivity contribution < 1.29 is 9.53 Å². The predicted molar refractivity (Wildman–Crippen MR) is 81.9 cm³/mol. The first-order valence-electron chi connectivity index (χ1n) is 6.63. The minimum absolute atomic E-state index is 0.111. The number of hydrogen-bond donors (Lipinski definition) is 2. The lowest BCUT2D eigenvalue weighted by Crippen LogP contribution is -2.37. The van der Waals surface area contributed by atoms with E-state index in [1.807, 2.05) is 46.1 Å². The Balaban J connectivity index is 2.99. The molecule has 0 heterocycles. The highest BCUT2D eigenvalue weighted by Gasteiger charge is 2.26. The largest absolute Gasteiger partial charge is 0.495 e. The SMILES string of the molecule is COc1ccc(CN(C)C)cc1NC(=O)C(C)(C)CN. The zero-order chi connectivity index (χ0) is 15.3. The molecule has 3 N–H and O–H groups in total. The van der Waals surface area contributed by atoms with Crippen LogP contribution in [0, 0.1) is 5.41 Å². The van der Waals surface area contributed by atoms with E-state index in [4.69, 9.17) is 10.5 Å². The van der Waals surface area contributed by atoms with E-state index in [1.165, 1.54) is 0 Å². The molecule has 1 aromatic rings. The number of rotatable bonds is 6. The number of carbonyl (C=O) groups is 1. The van der Waals surface area contributed by atoms with Gasteiger partial charge in [0.1, 0.15) is 5.75 Å². The molecule has 1 rings (SSSR count). The van der Waals surface area contributed by atoms with Gasteiger partial charge in [-0.25, -0.2) is 0 Å². The Bertz CT molecular complexity index is 470. The summed E-state index contributed by atoms with van der Waals surface area (Å²) in [6.45, 7) is 4.72. The first-order chi connectivity index (χ1) is 9.30. The van der Waals surface area contributed by atoms with Crippen LogP contribution in [0.25, 0.3) is 0 Å². The van der Waals surface area contributed by atoms with Crippen molar-refractivity contribution in [3.63, 3.8) is 0 Å². The molecule has 0 aliphatic carbocycles. The minimum atomic E-state index is -0.609. The molecule has 1 amide bonds. The third-order valence-electron chi connectivity index (χ3n) is 3.14. The minimum Gasteiger partial charge on any atom is -0.495 e. The number of carbonyl (C=O) groups excluding carboxylic acids is 1. The van der Waals surface area contributed by atoms with Gasteiger partial charge in [-0.1, -0.05) is 6.07 Å². The number of nitrogens with two attached hydrogens (primary N) is 1. The van der Waals surface area contributed by atoms with Gasteiger partial charge in [0, 0.05) is 13.1 Å². The molecule has 0 aromatic heterocycles. The maximum atomic E-state index is 12.2. The smallest absolute Gasteiger partial charge is 0.231 e. The molecule has 0 atom stereocenters. The fraction of sp³-hybridized carbons (Fsp3) is 0.533. The van der Waals surface area contributed by atoms with Crippen molar-refractivity contribution >= 4 is 11.6 Å². The van der Waals surface area contributed by atoms with E-state index in [2.05, 4.69) is 10.2 Å². The van der Waals surface area contributed by atoms with Crippen molar-refractivity contribution in [3.8, 4) is 5.75 Å². The van der Waals surface area contributed by atoms with Gasteiger partial charge in [-0.2, -0.15) is 0 Å². The van der Waals surface area contributed by atoms with Gasteiger partial charge >= 0.3 is 0 Å². The van der Waals surface area contributed by atoms with Crippen LogP contribution < -0.4 is 15.8 Å². The zero-order valence-electron chi connectivity index (χ0n) is 13.0. The van der Waals surface area contributed by atoms with Crippen molar-refractivity contribution in [1.82, 2.24) is 4.90 Å². The molecule has 0 saturated carbocycles. The van der Waals surface area contributed by atoms with Crippen LogP contribution in [-0.2, 0) is 11.3 Å². The molecule has 0 bridgehead atoms. The molecular weight excluding hydrogens is 254 g/mol. The standard InChI is InChI=1S/C15H25N3O2/c1-15(2,10-16)14(19)17-12-8-11(9-18(3)4)6-7-13(12)20-5/h6-8H,9-10,16H2,1-5H3,(H,17,19). The molecule has 0 unspecified atom stereocenters. The van der Waals surface area contributed by atoms with E-state index in [0.29, 0.717) is 18.0 Å². The molecule has 0 aliphatic heterocycles. The monoisotopic (exact) mass is 279 g/mol. The summed E-state index contributed by atoms with van der Waals surface area (Å²) in [5.74, 6) is 0.536. The Morgan fingerprint density at radius 1 is 1.40 bits per heavy atom. The van der Waals surface area contributed by atoms with Gasteiger partial charge in [-0.15, -0.1) is 0 Å². The molecule has 5 nitrogen and oxygen atoms in total. The van der Waals surface area contributed by atoms with Gasteiger partial charge in [0.25, 0.3) is 0 Å². The second kappa shape index (κ2) is 6.72. The third-order valence-corrected chi connectivity index (χ3v) is 3.14. The van der Waals surface area contributed by atoms with E-state index in [9.17, 15) is 4.79 Å². The summed E-state index contributed by atoms with van der Waals surface area (Å²) < 4.78 is 5.29. The second-order valence-electron chi connectivity index (χ2n) is 5.81. The van der Waals surface area contributed by atoms with E-state index in [-0.39, 0.29) is 5.91 Å².